The molecule has 0 saturated carbocycles. The van der Waals surface area contributed by atoms with Gasteiger partial charge >= 0.3 is 0 Å². The molecule has 4 rings (SSSR count). The van der Waals surface area contributed by atoms with E-state index in [9.17, 15) is 4.79 Å². The zero-order chi connectivity index (χ0) is 17.1. The Morgan fingerprint density at radius 1 is 0.920 bits per heavy atom. The van der Waals surface area contributed by atoms with E-state index in [4.69, 9.17) is 0 Å². The van der Waals surface area contributed by atoms with Crippen molar-refractivity contribution in [3.05, 3.63) is 72.2 Å². The van der Waals surface area contributed by atoms with Gasteiger partial charge in [0.2, 0.25) is 5.91 Å². The van der Waals surface area contributed by atoms with Crippen LogP contribution in [0, 0.1) is 0 Å². The number of likely N-dealkylation sites (tertiary alicyclic amines) is 1. The predicted octanol–water partition coefficient (Wildman–Crippen LogP) is 3.12. The number of imidazole rings is 1. The minimum atomic E-state index is 0.256. The summed E-state index contributed by atoms with van der Waals surface area (Å²) >= 11 is 0. The van der Waals surface area contributed by atoms with Crippen LogP contribution in [0.25, 0.3) is 11.5 Å². The highest BCUT2D eigenvalue weighted by Gasteiger charge is 2.21. The van der Waals surface area contributed by atoms with E-state index < -0.39 is 0 Å². The van der Waals surface area contributed by atoms with E-state index in [2.05, 4.69) is 26.7 Å². The lowest BCUT2D eigenvalue weighted by Gasteiger charge is -2.18. The lowest BCUT2D eigenvalue weighted by atomic mass is 10.1. The zero-order valence-corrected chi connectivity index (χ0v) is 14.0. The molecule has 5 nitrogen and oxygen atoms in total. The number of aromatic nitrogens is 3. The number of carbonyl (C=O) groups is 1. The molecule has 0 aliphatic carbocycles. The number of rotatable bonds is 5. The van der Waals surface area contributed by atoms with Gasteiger partial charge in [-0.1, -0.05) is 30.3 Å². The van der Waals surface area contributed by atoms with Crippen LogP contribution in [0.2, 0.25) is 0 Å². The molecule has 0 spiro atoms. The Balaban J connectivity index is 1.60. The minimum absolute atomic E-state index is 0.256. The maximum atomic E-state index is 11.9. The van der Waals surface area contributed by atoms with Gasteiger partial charge < -0.3 is 9.47 Å². The third kappa shape index (κ3) is 3.31. The molecule has 0 radical (unpaired) electrons. The molecular formula is C20H20N4O. The molecule has 3 heterocycles. The van der Waals surface area contributed by atoms with Crippen molar-refractivity contribution in [1.29, 1.82) is 0 Å². The Kier molecular flexibility index (Phi) is 4.29. The van der Waals surface area contributed by atoms with Crippen LogP contribution < -0.4 is 0 Å². The van der Waals surface area contributed by atoms with Gasteiger partial charge in [0.15, 0.2) is 5.82 Å². The average molecular weight is 332 g/mol. The number of nitrogens with zero attached hydrogens (tertiary/aromatic N) is 4. The molecule has 5 heteroatoms. The van der Waals surface area contributed by atoms with Gasteiger partial charge in [-0.15, -0.1) is 0 Å². The van der Waals surface area contributed by atoms with Crippen LogP contribution in [-0.2, 0) is 17.9 Å². The van der Waals surface area contributed by atoms with E-state index in [0.717, 1.165) is 24.5 Å². The number of hydrogen-bond donors (Lipinski definition) is 0. The predicted molar refractivity (Wildman–Crippen MR) is 95.7 cm³/mol. The molecule has 1 aromatic carbocycles. The number of hydrogen-bond acceptors (Lipinski definition) is 3. The van der Waals surface area contributed by atoms with Gasteiger partial charge in [0.05, 0.1) is 0 Å². The molecule has 1 fully saturated rings. The third-order valence-electron chi connectivity index (χ3n) is 4.60. The standard InChI is InChI=1S/C20H20N4O/c25-19-9-5-12-23(19)14-16-6-1-2-7-17(16)15-24-13-11-22-20(24)18-8-3-4-10-21-18/h1-4,6-8,10-11,13H,5,9,12,14-15H2. The lowest BCUT2D eigenvalue weighted by molar-refractivity contribution is -0.128. The fourth-order valence-corrected chi connectivity index (χ4v) is 3.29. The molecule has 0 atom stereocenters. The summed E-state index contributed by atoms with van der Waals surface area (Å²) in [5.41, 5.74) is 3.26. The van der Waals surface area contributed by atoms with Gasteiger partial charge in [-0.3, -0.25) is 9.78 Å². The van der Waals surface area contributed by atoms with Crippen molar-refractivity contribution in [3.63, 3.8) is 0 Å². The molecule has 3 aromatic rings. The van der Waals surface area contributed by atoms with E-state index in [1.807, 2.05) is 41.4 Å². The monoisotopic (exact) mass is 332 g/mol. The SMILES string of the molecule is O=C1CCCN1Cc1ccccc1Cn1ccnc1-c1ccccn1. The van der Waals surface area contributed by atoms with Crippen LogP contribution in [0.1, 0.15) is 24.0 Å². The maximum Gasteiger partial charge on any atom is 0.222 e. The Bertz CT molecular complexity index is 872. The Morgan fingerprint density at radius 3 is 2.44 bits per heavy atom. The second kappa shape index (κ2) is 6.89. The lowest BCUT2D eigenvalue weighted by Crippen LogP contribution is -2.24. The van der Waals surface area contributed by atoms with Gasteiger partial charge in [-0.05, 0) is 29.7 Å². The largest absolute Gasteiger partial charge is 0.338 e. The van der Waals surface area contributed by atoms with Gasteiger partial charge in [0, 0.05) is 44.6 Å². The van der Waals surface area contributed by atoms with Crippen molar-refractivity contribution in [2.45, 2.75) is 25.9 Å². The highest BCUT2D eigenvalue weighted by molar-refractivity contribution is 5.78. The van der Waals surface area contributed by atoms with E-state index in [1.165, 1.54) is 11.1 Å². The van der Waals surface area contributed by atoms with Crippen molar-refractivity contribution in [2.75, 3.05) is 6.54 Å². The topological polar surface area (TPSA) is 51.0 Å². The summed E-state index contributed by atoms with van der Waals surface area (Å²) in [4.78, 5) is 22.8. The second-order valence-electron chi connectivity index (χ2n) is 6.28. The van der Waals surface area contributed by atoms with E-state index in [0.29, 0.717) is 19.5 Å². The van der Waals surface area contributed by atoms with E-state index >= 15 is 0 Å². The molecule has 1 aliphatic heterocycles. The smallest absolute Gasteiger partial charge is 0.222 e. The summed E-state index contributed by atoms with van der Waals surface area (Å²) < 4.78 is 2.10. The van der Waals surface area contributed by atoms with Gasteiger partial charge in [0.25, 0.3) is 0 Å². The second-order valence-corrected chi connectivity index (χ2v) is 6.28. The molecule has 1 amide bonds. The summed E-state index contributed by atoms with van der Waals surface area (Å²) in [7, 11) is 0. The quantitative estimate of drug-likeness (QED) is 0.721. The first-order valence-corrected chi connectivity index (χ1v) is 8.58. The number of carbonyl (C=O) groups excluding carboxylic acids is 1. The number of pyridine rings is 1. The number of amides is 1. The van der Waals surface area contributed by atoms with Crippen LogP contribution in [0.15, 0.2) is 61.1 Å². The van der Waals surface area contributed by atoms with E-state index in [1.54, 1.807) is 12.4 Å². The van der Waals surface area contributed by atoms with Crippen LogP contribution >= 0.6 is 0 Å². The summed E-state index contributed by atoms with van der Waals surface area (Å²) in [6.07, 6.45) is 7.19. The molecular weight excluding hydrogens is 312 g/mol. The molecule has 1 saturated heterocycles. The Hall–Kier alpha value is -2.95. The molecule has 0 N–H and O–H groups in total. The molecule has 126 valence electrons. The Labute approximate surface area is 147 Å². The number of benzene rings is 1. The van der Waals surface area contributed by atoms with Crippen molar-refractivity contribution >= 4 is 5.91 Å². The summed E-state index contributed by atoms with van der Waals surface area (Å²) in [5, 5.41) is 0. The van der Waals surface area contributed by atoms with Gasteiger partial charge in [-0.2, -0.15) is 0 Å². The minimum Gasteiger partial charge on any atom is -0.338 e. The molecule has 0 unspecified atom stereocenters. The van der Waals surface area contributed by atoms with Gasteiger partial charge in [-0.25, -0.2) is 4.98 Å². The van der Waals surface area contributed by atoms with Crippen LogP contribution in [0.5, 0.6) is 0 Å². The summed E-state index contributed by atoms with van der Waals surface area (Å²) in [6.45, 7) is 2.25. The highest BCUT2D eigenvalue weighted by Crippen LogP contribution is 2.20. The molecule has 1 aliphatic rings. The first-order valence-electron chi connectivity index (χ1n) is 8.58. The first-order chi connectivity index (χ1) is 12.3. The van der Waals surface area contributed by atoms with Crippen molar-refractivity contribution < 1.29 is 4.79 Å². The normalized spacial score (nSPS) is 14.2. The van der Waals surface area contributed by atoms with Gasteiger partial charge in [0.1, 0.15) is 5.69 Å². The maximum absolute atomic E-state index is 11.9. The summed E-state index contributed by atoms with van der Waals surface area (Å²) in [5.74, 6) is 1.11. The summed E-state index contributed by atoms with van der Waals surface area (Å²) in [6, 6.07) is 14.1. The molecule has 2 aromatic heterocycles. The molecule has 0 bridgehead atoms. The third-order valence-corrected chi connectivity index (χ3v) is 4.60. The van der Waals surface area contributed by atoms with Crippen LogP contribution in [-0.4, -0.2) is 31.9 Å². The van der Waals surface area contributed by atoms with Crippen molar-refractivity contribution in [1.82, 2.24) is 19.4 Å². The fraction of sp³-hybridized carbons (Fsp3) is 0.250. The zero-order valence-electron chi connectivity index (χ0n) is 14.0. The van der Waals surface area contributed by atoms with E-state index in [-0.39, 0.29) is 5.91 Å². The van der Waals surface area contributed by atoms with Crippen molar-refractivity contribution in [3.8, 4) is 11.5 Å². The van der Waals surface area contributed by atoms with Crippen LogP contribution in [0.4, 0.5) is 0 Å². The molecule has 25 heavy (non-hydrogen) atoms. The van der Waals surface area contributed by atoms with Crippen molar-refractivity contribution in [2.24, 2.45) is 0 Å². The van der Waals surface area contributed by atoms with Crippen LogP contribution in [0.3, 0.4) is 0 Å². The highest BCUT2D eigenvalue weighted by atomic mass is 16.2. The fourth-order valence-electron chi connectivity index (χ4n) is 3.29. The Morgan fingerprint density at radius 2 is 1.72 bits per heavy atom. The average Bonchev–Trinajstić information content (AvgIpc) is 3.27. The first kappa shape index (κ1) is 15.6.